The van der Waals surface area contributed by atoms with Crippen molar-refractivity contribution < 1.29 is 4.79 Å². The van der Waals surface area contributed by atoms with E-state index in [9.17, 15) is 14.4 Å². The van der Waals surface area contributed by atoms with E-state index in [-0.39, 0.29) is 18.0 Å². The van der Waals surface area contributed by atoms with E-state index in [4.69, 9.17) is 0 Å². The number of thiophene rings is 1. The van der Waals surface area contributed by atoms with Crippen LogP contribution >= 0.6 is 11.3 Å². The Morgan fingerprint density at radius 3 is 2.62 bits per heavy atom. The number of aromatic amines is 1. The third kappa shape index (κ3) is 4.50. The number of hydrogen-bond acceptors (Lipinski definition) is 4. The number of fused-ring (bicyclic) bond motifs is 1. The molecule has 3 aromatic rings. The lowest BCUT2D eigenvalue weighted by Crippen LogP contribution is -2.39. The summed E-state index contributed by atoms with van der Waals surface area (Å²) in [5, 5.41) is 1.79. The summed E-state index contributed by atoms with van der Waals surface area (Å²) in [6.07, 6.45) is 3.96. The van der Waals surface area contributed by atoms with E-state index in [2.05, 4.69) is 29.2 Å². The molecule has 0 bridgehead atoms. The van der Waals surface area contributed by atoms with Gasteiger partial charge in [-0.05, 0) is 48.6 Å². The van der Waals surface area contributed by atoms with Crippen LogP contribution in [0, 0.1) is 5.92 Å². The summed E-state index contributed by atoms with van der Waals surface area (Å²) in [6.45, 7) is 1.84. The molecular weight excluding hydrogens is 386 g/mol. The topological polar surface area (TPSA) is 75.2 Å². The molecule has 1 aliphatic rings. The van der Waals surface area contributed by atoms with Crippen LogP contribution in [-0.2, 0) is 17.8 Å². The molecule has 1 saturated heterocycles. The molecule has 4 rings (SSSR count). The number of H-pyrrole nitrogens is 1. The summed E-state index contributed by atoms with van der Waals surface area (Å²) in [6, 6.07) is 12.2. The average molecular weight is 412 g/mol. The molecule has 0 unspecified atom stereocenters. The van der Waals surface area contributed by atoms with Crippen LogP contribution in [0.25, 0.3) is 10.2 Å². The summed E-state index contributed by atoms with van der Waals surface area (Å²) in [7, 11) is 0. The molecule has 152 valence electrons. The molecule has 3 heterocycles. The van der Waals surface area contributed by atoms with Crippen molar-refractivity contribution in [1.82, 2.24) is 14.5 Å². The molecule has 1 N–H and O–H groups in total. The highest BCUT2D eigenvalue weighted by Gasteiger charge is 2.22. The van der Waals surface area contributed by atoms with Crippen molar-refractivity contribution in [1.29, 1.82) is 0 Å². The minimum atomic E-state index is -0.407. The fraction of sp³-hybridized carbons (Fsp3) is 0.409. The first-order valence-electron chi connectivity index (χ1n) is 10.1. The Hall–Kier alpha value is -2.67. The van der Waals surface area contributed by atoms with Gasteiger partial charge in [0.25, 0.3) is 5.56 Å². The Morgan fingerprint density at radius 1 is 1.10 bits per heavy atom. The van der Waals surface area contributed by atoms with Crippen molar-refractivity contribution in [2.45, 2.75) is 38.6 Å². The molecule has 0 saturated carbocycles. The van der Waals surface area contributed by atoms with Crippen molar-refractivity contribution in [3.05, 3.63) is 68.2 Å². The molecular formula is C22H25N3O3S. The second kappa shape index (κ2) is 8.78. The van der Waals surface area contributed by atoms with Crippen molar-refractivity contribution in [3.63, 3.8) is 0 Å². The smallest absolute Gasteiger partial charge is 0.328 e. The number of nitrogens with one attached hydrogen (secondary N) is 1. The Morgan fingerprint density at radius 2 is 1.86 bits per heavy atom. The van der Waals surface area contributed by atoms with Gasteiger partial charge >= 0.3 is 5.69 Å². The Bertz CT molecular complexity index is 1090. The van der Waals surface area contributed by atoms with E-state index >= 15 is 0 Å². The van der Waals surface area contributed by atoms with E-state index in [0.29, 0.717) is 29.0 Å². The van der Waals surface area contributed by atoms with Gasteiger partial charge in [0.2, 0.25) is 5.91 Å². The highest BCUT2D eigenvalue weighted by molar-refractivity contribution is 7.17. The van der Waals surface area contributed by atoms with Crippen molar-refractivity contribution in [2.24, 2.45) is 5.92 Å². The molecule has 1 fully saturated rings. The van der Waals surface area contributed by atoms with Gasteiger partial charge in [0.15, 0.2) is 0 Å². The normalized spacial score (nSPS) is 15.1. The van der Waals surface area contributed by atoms with Gasteiger partial charge in [0.05, 0.1) is 5.52 Å². The number of amides is 1. The first-order valence-corrected chi connectivity index (χ1v) is 11.0. The van der Waals surface area contributed by atoms with E-state index in [0.717, 1.165) is 32.4 Å². The maximum absolute atomic E-state index is 12.5. The third-order valence-corrected chi connectivity index (χ3v) is 6.60. The molecule has 6 nitrogen and oxygen atoms in total. The van der Waals surface area contributed by atoms with E-state index in [1.54, 1.807) is 11.4 Å². The molecule has 7 heteroatoms. The van der Waals surface area contributed by atoms with Gasteiger partial charge in [-0.1, -0.05) is 30.3 Å². The minimum absolute atomic E-state index is 0.116. The predicted octanol–water partition coefficient (Wildman–Crippen LogP) is 3.01. The van der Waals surface area contributed by atoms with Gasteiger partial charge in [-0.2, -0.15) is 0 Å². The van der Waals surface area contributed by atoms with Crippen LogP contribution in [-0.4, -0.2) is 33.4 Å². The second-order valence-corrected chi connectivity index (χ2v) is 8.58. The minimum Gasteiger partial charge on any atom is -0.343 e. The predicted molar refractivity (Wildman–Crippen MR) is 115 cm³/mol. The third-order valence-electron chi connectivity index (χ3n) is 5.70. The maximum atomic E-state index is 12.5. The number of hydrogen-bond donors (Lipinski definition) is 1. The molecule has 0 atom stereocenters. The molecule has 0 radical (unpaired) electrons. The number of benzene rings is 1. The van der Waals surface area contributed by atoms with Crippen LogP contribution in [0.15, 0.2) is 51.4 Å². The summed E-state index contributed by atoms with van der Waals surface area (Å²) in [4.78, 5) is 41.8. The van der Waals surface area contributed by atoms with E-state index in [1.165, 1.54) is 21.5 Å². The monoisotopic (exact) mass is 411 g/mol. The Balaban J connectivity index is 1.27. The fourth-order valence-corrected chi connectivity index (χ4v) is 4.85. The van der Waals surface area contributed by atoms with Gasteiger partial charge in [-0.15, -0.1) is 11.3 Å². The van der Waals surface area contributed by atoms with Gasteiger partial charge in [-0.25, -0.2) is 4.79 Å². The largest absolute Gasteiger partial charge is 0.343 e. The molecule has 29 heavy (non-hydrogen) atoms. The van der Waals surface area contributed by atoms with Gasteiger partial charge in [-0.3, -0.25) is 14.2 Å². The SMILES string of the molecule is O=C(CCCn1c(=O)[nH]c2ccsc2c1=O)N1CCC(Cc2ccccc2)CC1. The van der Waals surface area contributed by atoms with Crippen LogP contribution in [0.5, 0.6) is 0 Å². The van der Waals surface area contributed by atoms with Crippen molar-refractivity contribution in [3.8, 4) is 0 Å². The average Bonchev–Trinajstić information content (AvgIpc) is 3.20. The highest BCUT2D eigenvalue weighted by Crippen LogP contribution is 2.22. The number of nitrogens with zero attached hydrogens (tertiary/aromatic N) is 2. The lowest BCUT2D eigenvalue weighted by molar-refractivity contribution is -0.132. The summed E-state index contributed by atoms with van der Waals surface area (Å²) in [5.41, 5.74) is 1.26. The number of likely N-dealkylation sites (tertiary alicyclic amines) is 1. The molecule has 0 spiro atoms. The van der Waals surface area contributed by atoms with Crippen LogP contribution < -0.4 is 11.2 Å². The Labute approximate surface area is 172 Å². The lowest BCUT2D eigenvalue weighted by Gasteiger charge is -2.32. The first-order chi connectivity index (χ1) is 14.1. The number of rotatable bonds is 6. The zero-order chi connectivity index (χ0) is 20.2. The number of piperidine rings is 1. The number of carbonyl (C=O) groups excluding carboxylic acids is 1. The van der Waals surface area contributed by atoms with Gasteiger partial charge < -0.3 is 9.88 Å². The van der Waals surface area contributed by atoms with Crippen LogP contribution in [0.2, 0.25) is 0 Å². The molecule has 1 amide bonds. The zero-order valence-electron chi connectivity index (χ0n) is 16.3. The zero-order valence-corrected chi connectivity index (χ0v) is 17.1. The summed E-state index contributed by atoms with van der Waals surface area (Å²) >= 11 is 1.32. The number of carbonyl (C=O) groups is 1. The fourth-order valence-electron chi connectivity index (χ4n) is 4.05. The van der Waals surface area contributed by atoms with Crippen LogP contribution in [0.4, 0.5) is 0 Å². The van der Waals surface area contributed by atoms with Gasteiger partial charge in [0, 0.05) is 26.1 Å². The first kappa shape index (κ1) is 19.6. The molecule has 2 aromatic heterocycles. The second-order valence-electron chi connectivity index (χ2n) is 7.67. The van der Waals surface area contributed by atoms with Crippen LogP contribution in [0.3, 0.4) is 0 Å². The lowest BCUT2D eigenvalue weighted by atomic mass is 9.90. The standard InChI is InChI=1S/C22H25N3O3S/c26-19(24-12-8-17(9-13-24)15-16-5-2-1-3-6-16)7-4-11-25-21(27)20-18(10-14-29-20)23-22(25)28/h1-3,5-6,10,14,17H,4,7-9,11-13,15H2,(H,23,28). The van der Waals surface area contributed by atoms with Gasteiger partial charge in [0.1, 0.15) is 4.70 Å². The number of aromatic nitrogens is 2. The van der Waals surface area contributed by atoms with E-state index < -0.39 is 5.69 Å². The quantitative estimate of drug-likeness (QED) is 0.678. The highest BCUT2D eigenvalue weighted by atomic mass is 32.1. The molecule has 1 aliphatic heterocycles. The van der Waals surface area contributed by atoms with Crippen molar-refractivity contribution >= 4 is 27.5 Å². The molecule has 1 aromatic carbocycles. The maximum Gasteiger partial charge on any atom is 0.328 e. The summed E-state index contributed by atoms with van der Waals surface area (Å²) in [5.74, 6) is 0.737. The van der Waals surface area contributed by atoms with Crippen molar-refractivity contribution in [2.75, 3.05) is 13.1 Å². The molecule has 0 aliphatic carbocycles. The van der Waals surface area contributed by atoms with E-state index in [1.807, 2.05) is 11.0 Å². The van der Waals surface area contributed by atoms with Crippen LogP contribution in [0.1, 0.15) is 31.2 Å². The Kier molecular flexibility index (Phi) is 5.94. The summed E-state index contributed by atoms with van der Waals surface area (Å²) < 4.78 is 1.76.